The third-order valence-corrected chi connectivity index (χ3v) is 5.17. The number of benzene rings is 2. The Morgan fingerprint density at radius 3 is 2.26 bits per heavy atom. The molecule has 0 aliphatic carbocycles. The molecule has 0 saturated carbocycles. The van der Waals surface area contributed by atoms with Gasteiger partial charge in [-0.3, -0.25) is 4.79 Å². The van der Waals surface area contributed by atoms with E-state index >= 15 is 0 Å². The van der Waals surface area contributed by atoms with Crippen molar-refractivity contribution in [2.24, 2.45) is 0 Å². The number of ether oxygens (including phenoxy) is 1. The third-order valence-electron chi connectivity index (χ3n) is 3.63. The van der Waals surface area contributed by atoms with Gasteiger partial charge in [-0.1, -0.05) is 42.5 Å². The van der Waals surface area contributed by atoms with Crippen molar-refractivity contribution in [1.82, 2.24) is 10.0 Å². The van der Waals surface area contributed by atoms with Crippen LogP contribution >= 0.6 is 0 Å². The summed E-state index contributed by atoms with van der Waals surface area (Å²) >= 11 is 0. The Hall–Kier alpha value is -2.38. The van der Waals surface area contributed by atoms with E-state index in [1.165, 1.54) is 0 Å². The molecule has 7 heteroatoms. The van der Waals surface area contributed by atoms with Crippen molar-refractivity contribution in [3.63, 3.8) is 0 Å². The van der Waals surface area contributed by atoms with Crippen molar-refractivity contribution in [3.8, 4) is 5.75 Å². The highest BCUT2D eigenvalue weighted by atomic mass is 32.2. The fourth-order valence-corrected chi connectivity index (χ4v) is 3.87. The molecule has 0 aliphatic rings. The Morgan fingerprint density at radius 2 is 1.63 bits per heavy atom. The van der Waals surface area contributed by atoms with Crippen molar-refractivity contribution in [2.75, 3.05) is 6.61 Å². The van der Waals surface area contributed by atoms with Crippen LogP contribution in [0.5, 0.6) is 5.75 Å². The van der Waals surface area contributed by atoms with Gasteiger partial charge in [0.1, 0.15) is 5.75 Å². The van der Waals surface area contributed by atoms with Gasteiger partial charge in [0.2, 0.25) is 15.9 Å². The van der Waals surface area contributed by atoms with Crippen LogP contribution in [0.4, 0.5) is 0 Å². The summed E-state index contributed by atoms with van der Waals surface area (Å²) in [7, 11) is -3.34. The largest absolute Gasteiger partial charge is 0.493 e. The molecule has 2 aromatic carbocycles. The number of carbonyl (C=O) groups is 1. The zero-order valence-electron chi connectivity index (χ0n) is 15.6. The van der Waals surface area contributed by atoms with Gasteiger partial charge in [-0.05, 0) is 37.1 Å². The number of carbonyl (C=O) groups excluding carboxylic acids is 1. The molecule has 0 fully saturated rings. The zero-order chi connectivity index (χ0) is 19.7. The van der Waals surface area contributed by atoms with Crippen molar-refractivity contribution in [2.45, 2.75) is 38.6 Å². The molecule has 0 radical (unpaired) electrons. The Morgan fingerprint density at radius 1 is 1.00 bits per heavy atom. The minimum Gasteiger partial charge on any atom is -0.493 e. The lowest BCUT2D eigenvalue weighted by Gasteiger charge is -2.10. The van der Waals surface area contributed by atoms with Crippen LogP contribution in [0.3, 0.4) is 0 Å². The van der Waals surface area contributed by atoms with Gasteiger partial charge in [0, 0.05) is 12.6 Å². The Kier molecular flexibility index (Phi) is 7.82. The number of hydrogen-bond acceptors (Lipinski definition) is 4. The maximum absolute atomic E-state index is 11.9. The first-order valence-electron chi connectivity index (χ1n) is 8.86. The zero-order valence-corrected chi connectivity index (χ0v) is 16.5. The highest BCUT2D eigenvalue weighted by Crippen LogP contribution is 2.09. The van der Waals surface area contributed by atoms with Crippen LogP contribution in [0.15, 0.2) is 54.6 Å². The van der Waals surface area contributed by atoms with Crippen LogP contribution in [0, 0.1) is 0 Å². The molecular formula is C20H26N2O4S. The van der Waals surface area contributed by atoms with Gasteiger partial charge in [0.25, 0.3) is 0 Å². The van der Waals surface area contributed by atoms with Gasteiger partial charge < -0.3 is 10.1 Å². The van der Waals surface area contributed by atoms with E-state index in [4.69, 9.17) is 4.74 Å². The molecule has 0 atom stereocenters. The molecule has 146 valence electrons. The van der Waals surface area contributed by atoms with Crippen LogP contribution in [-0.4, -0.2) is 27.0 Å². The van der Waals surface area contributed by atoms with E-state index in [9.17, 15) is 13.2 Å². The van der Waals surface area contributed by atoms with E-state index in [1.54, 1.807) is 26.0 Å². The highest BCUT2D eigenvalue weighted by Gasteiger charge is 2.12. The molecule has 0 unspecified atom stereocenters. The first kappa shape index (κ1) is 20.9. The topological polar surface area (TPSA) is 84.5 Å². The molecule has 6 nitrogen and oxygen atoms in total. The summed E-state index contributed by atoms with van der Waals surface area (Å²) < 4.78 is 31.9. The van der Waals surface area contributed by atoms with E-state index in [0.717, 1.165) is 11.3 Å². The summed E-state index contributed by atoms with van der Waals surface area (Å²) in [6, 6.07) is 16.4. The minimum atomic E-state index is -3.34. The molecule has 0 saturated heterocycles. The molecule has 2 aromatic rings. The number of amides is 1. The minimum absolute atomic E-state index is 0.0609. The van der Waals surface area contributed by atoms with Gasteiger partial charge in [-0.25, -0.2) is 13.1 Å². The van der Waals surface area contributed by atoms with E-state index in [0.29, 0.717) is 18.7 Å². The van der Waals surface area contributed by atoms with Crippen LogP contribution in [-0.2, 0) is 27.1 Å². The number of para-hydroxylation sites is 1. The lowest BCUT2D eigenvalue weighted by Crippen LogP contribution is -2.31. The Labute approximate surface area is 161 Å². The highest BCUT2D eigenvalue weighted by molar-refractivity contribution is 7.88. The average Bonchev–Trinajstić information content (AvgIpc) is 2.60. The van der Waals surface area contributed by atoms with Crippen molar-refractivity contribution in [1.29, 1.82) is 0 Å². The van der Waals surface area contributed by atoms with E-state index in [1.807, 2.05) is 42.5 Å². The normalized spacial score (nSPS) is 11.4. The molecule has 0 heterocycles. The number of nitrogens with one attached hydrogen (secondary N) is 2. The third kappa shape index (κ3) is 8.23. The SMILES string of the molecule is CC(C)NS(=O)(=O)Cc1ccc(CNC(=O)CCOc2ccccc2)cc1. The van der Waals surface area contributed by atoms with Gasteiger partial charge in [0.15, 0.2) is 0 Å². The fourth-order valence-electron chi connectivity index (χ4n) is 2.44. The summed E-state index contributed by atoms with van der Waals surface area (Å²) in [4.78, 5) is 11.9. The van der Waals surface area contributed by atoms with Gasteiger partial charge in [-0.2, -0.15) is 0 Å². The Bertz CT molecular complexity index is 819. The summed E-state index contributed by atoms with van der Waals surface area (Å²) in [6.45, 7) is 4.28. The molecular weight excluding hydrogens is 364 g/mol. The van der Waals surface area contributed by atoms with Crippen LogP contribution in [0.1, 0.15) is 31.4 Å². The van der Waals surface area contributed by atoms with Crippen molar-refractivity contribution < 1.29 is 17.9 Å². The maximum atomic E-state index is 11.9. The lowest BCUT2D eigenvalue weighted by molar-refractivity contribution is -0.121. The second-order valence-corrected chi connectivity index (χ2v) is 8.29. The number of hydrogen-bond donors (Lipinski definition) is 2. The van der Waals surface area contributed by atoms with E-state index in [2.05, 4.69) is 10.0 Å². The molecule has 2 N–H and O–H groups in total. The first-order chi connectivity index (χ1) is 12.8. The fraction of sp³-hybridized carbons (Fsp3) is 0.350. The van der Waals surface area contributed by atoms with E-state index < -0.39 is 10.0 Å². The first-order valence-corrected chi connectivity index (χ1v) is 10.5. The van der Waals surface area contributed by atoms with Gasteiger partial charge in [-0.15, -0.1) is 0 Å². The molecule has 27 heavy (non-hydrogen) atoms. The second kappa shape index (κ2) is 10.1. The molecule has 0 aliphatic heterocycles. The predicted octanol–water partition coefficient (Wildman–Crippen LogP) is 2.60. The van der Waals surface area contributed by atoms with Gasteiger partial charge in [0.05, 0.1) is 18.8 Å². The second-order valence-electron chi connectivity index (χ2n) is 6.54. The lowest BCUT2D eigenvalue weighted by atomic mass is 10.1. The molecule has 1 amide bonds. The van der Waals surface area contributed by atoms with Crippen molar-refractivity contribution in [3.05, 3.63) is 65.7 Å². The molecule has 0 spiro atoms. The van der Waals surface area contributed by atoms with Crippen LogP contribution in [0.2, 0.25) is 0 Å². The maximum Gasteiger partial charge on any atom is 0.223 e. The number of sulfonamides is 1. The monoisotopic (exact) mass is 390 g/mol. The van der Waals surface area contributed by atoms with Crippen LogP contribution in [0.25, 0.3) is 0 Å². The van der Waals surface area contributed by atoms with Crippen molar-refractivity contribution >= 4 is 15.9 Å². The summed E-state index contributed by atoms with van der Waals surface area (Å²) in [5.74, 6) is 0.579. The molecule has 0 aromatic heterocycles. The quantitative estimate of drug-likeness (QED) is 0.653. The number of rotatable bonds is 10. The predicted molar refractivity (Wildman–Crippen MR) is 106 cm³/mol. The summed E-state index contributed by atoms with van der Waals surface area (Å²) in [5.41, 5.74) is 1.61. The Balaban J connectivity index is 1.73. The standard InChI is InChI=1S/C20H26N2O4S/c1-16(2)22-27(24,25)15-18-10-8-17(9-11-18)14-21-20(23)12-13-26-19-6-4-3-5-7-19/h3-11,16,22H,12-15H2,1-2H3,(H,21,23). The molecule has 2 rings (SSSR count). The van der Waals surface area contributed by atoms with E-state index in [-0.39, 0.29) is 24.1 Å². The van der Waals surface area contributed by atoms with Gasteiger partial charge >= 0.3 is 0 Å². The van der Waals surface area contributed by atoms with Crippen LogP contribution < -0.4 is 14.8 Å². The average molecular weight is 391 g/mol. The molecule has 0 bridgehead atoms. The summed E-state index contributed by atoms with van der Waals surface area (Å²) in [6.07, 6.45) is 0.270. The smallest absolute Gasteiger partial charge is 0.223 e. The summed E-state index contributed by atoms with van der Waals surface area (Å²) in [5, 5.41) is 2.83.